The van der Waals surface area contributed by atoms with E-state index in [-0.39, 0.29) is 0 Å². The first kappa shape index (κ1) is 13.7. The van der Waals surface area contributed by atoms with Crippen LogP contribution < -0.4 is 4.74 Å². The molecule has 3 rings (SSSR count). The Bertz CT molecular complexity index is 719. The van der Waals surface area contributed by atoms with Crippen LogP contribution in [0.1, 0.15) is 0 Å². The molecule has 0 fully saturated rings. The van der Waals surface area contributed by atoms with Gasteiger partial charge in [0.05, 0.1) is 6.54 Å². The summed E-state index contributed by atoms with van der Waals surface area (Å²) in [5.41, 5.74) is 1.22. The molecule has 2 aromatic carbocycles. The Morgan fingerprint density at radius 2 is 1.65 bits per heavy atom. The number of benzene rings is 2. The fraction of sp³-hybridized carbons (Fsp3) is 0.125. The number of halogens is 2. The highest BCUT2D eigenvalue weighted by Gasteiger charge is 2.02. The van der Waals surface area contributed by atoms with E-state index in [0.29, 0.717) is 6.61 Å². The van der Waals surface area contributed by atoms with E-state index >= 15 is 0 Å². The molecule has 20 heavy (non-hydrogen) atoms. The van der Waals surface area contributed by atoms with Crippen molar-refractivity contribution < 1.29 is 4.74 Å². The summed E-state index contributed by atoms with van der Waals surface area (Å²) in [7, 11) is 0. The highest BCUT2D eigenvalue weighted by Crippen LogP contribution is 2.21. The second-order valence-corrected chi connectivity index (χ2v) is 6.35. The summed E-state index contributed by atoms with van der Waals surface area (Å²) < 4.78 is 10.1. The van der Waals surface area contributed by atoms with Crippen molar-refractivity contribution in [1.82, 2.24) is 4.57 Å². The molecule has 0 N–H and O–H groups in total. The molecule has 0 radical (unpaired) electrons. The number of hydrogen-bond acceptors (Lipinski definition) is 1. The molecule has 1 heterocycles. The zero-order chi connectivity index (χ0) is 13.9. The predicted molar refractivity (Wildman–Crippen MR) is 89.3 cm³/mol. The van der Waals surface area contributed by atoms with Crippen molar-refractivity contribution in [3.05, 3.63) is 63.7 Å². The maximum Gasteiger partial charge on any atom is 0.119 e. The van der Waals surface area contributed by atoms with Crippen molar-refractivity contribution in [1.29, 1.82) is 0 Å². The lowest BCUT2D eigenvalue weighted by molar-refractivity contribution is 0.300. The summed E-state index contributed by atoms with van der Waals surface area (Å²) in [6, 6.07) is 16.3. The quantitative estimate of drug-likeness (QED) is 0.589. The van der Waals surface area contributed by atoms with E-state index in [4.69, 9.17) is 4.74 Å². The molecule has 0 saturated heterocycles. The Morgan fingerprint density at radius 3 is 2.45 bits per heavy atom. The van der Waals surface area contributed by atoms with Gasteiger partial charge in [0.2, 0.25) is 0 Å². The van der Waals surface area contributed by atoms with Gasteiger partial charge in [0, 0.05) is 20.7 Å². The highest BCUT2D eigenvalue weighted by molar-refractivity contribution is 9.10. The Labute approximate surface area is 134 Å². The van der Waals surface area contributed by atoms with Crippen LogP contribution in [0.25, 0.3) is 10.9 Å². The number of fused-ring (bicyclic) bond motifs is 1. The molecule has 0 bridgehead atoms. The Balaban J connectivity index is 1.68. The van der Waals surface area contributed by atoms with Crippen molar-refractivity contribution in [2.45, 2.75) is 6.54 Å². The van der Waals surface area contributed by atoms with Gasteiger partial charge in [0.1, 0.15) is 12.4 Å². The summed E-state index contributed by atoms with van der Waals surface area (Å²) in [5.74, 6) is 0.894. The van der Waals surface area contributed by atoms with E-state index in [1.165, 1.54) is 10.9 Å². The molecule has 0 saturated carbocycles. The summed E-state index contributed by atoms with van der Waals surface area (Å²) in [6.45, 7) is 1.48. The summed E-state index contributed by atoms with van der Waals surface area (Å²) in [5, 5.41) is 1.25. The van der Waals surface area contributed by atoms with Gasteiger partial charge in [-0.3, -0.25) is 0 Å². The molecule has 0 spiro atoms. The van der Waals surface area contributed by atoms with E-state index < -0.39 is 0 Å². The van der Waals surface area contributed by atoms with Gasteiger partial charge in [-0.2, -0.15) is 0 Å². The van der Waals surface area contributed by atoms with Crippen LogP contribution in [0.4, 0.5) is 0 Å². The topological polar surface area (TPSA) is 14.2 Å². The molecule has 0 aliphatic rings. The van der Waals surface area contributed by atoms with E-state index in [1.807, 2.05) is 24.3 Å². The zero-order valence-electron chi connectivity index (χ0n) is 10.7. The van der Waals surface area contributed by atoms with E-state index in [1.54, 1.807) is 0 Å². The molecule has 2 nitrogen and oxygen atoms in total. The third-order valence-electron chi connectivity index (χ3n) is 3.15. The molecule has 0 aliphatic carbocycles. The smallest absolute Gasteiger partial charge is 0.119 e. The fourth-order valence-corrected chi connectivity index (χ4v) is 2.76. The minimum atomic E-state index is 0.651. The van der Waals surface area contributed by atoms with Crippen molar-refractivity contribution in [2.24, 2.45) is 0 Å². The molecule has 3 aromatic rings. The van der Waals surface area contributed by atoms with Crippen LogP contribution in [0.5, 0.6) is 5.75 Å². The largest absolute Gasteiger partial charge is 0.492 e. The maximum absolute atomic E-state index is 5.76. The molecular formula is C16H13Br2NO. The average Bonchev–Trinajstić information content (AvgIpc) is 2.84. The van der Waals surface area contributed by atoms with Crippen molar-refractivity contribution in [3.8, 4) is 5.75 Å². The summed E-state index contributed by atoms with van der Waals surface area (Å²) in [4.78, 5) is 0. The van der Waals surface area contributed by atoms with Gasteiger partial charge < -0.3 is 9.30 Å². The van der Waals surface area contributed by atoms with Crippen molar-refractivity contribution >= 4 is 42.8 Å². The van der Waals surface area contributed by atoms with Crippen LogP contribution in [0, 0.1) is 0 Å². The van der Waals surface area contributed by atoms with Gasteiger partial charge in [-0.25, -0.2) is 0 Å². The lowest BCUT2D eigenvalue weighted by atomic mass is 10.2. The Morgan fingerprint density at radius 1 is 0.900 bits per heavy atom. The normalized spacial score (nSPS) is 10.9. The van der Waals surface area contributed by atoms with Gasteiger partial charge >= 0.3 is 0 Å². The fourth-order valence-electron chi connectivity index (χ4n) is 2.14. The van der Waals surface area contributed by atoms with Gasteiger partial charge in [0.25, 0.3) is 0 Å². The lowest BCUT2D eigenvalue weighted by Gasteiger charge is -2.08. The minimum absolute atomic E-state index is 0.651. The highest BCUT2D eigenvalue weighted by atomic mass is 79.9. The van der Waals surface area contributed by atoms with Crippen LogP contribution in [0.2, 0.25) is 0 Å². The zero-order valence-corrected chi connectivity index (χ0v) is 13.9. The molecule has 0 unspecified atom stereocenters. The monoisotopic (exact) mass is 393 g/mol. The first-order valence-electron chi connectivity index (χ1n) is 6.35. The van der Waals surface area contributed by atoms with Crippen molar-refractivity contribution in [3.63, 3.8) is 0 Å². The first-order chi connectivity index (χ1) is 9.72. The van der Waals surface area contributed by atoms with E-state index in [2.05, 4.69) is 66.9 Å². The number of hydrogen-bond donors (Lipinski definition) is 0. The SMILES string of the molecule is Brc1ccc(OCCn2ccc3ccc(Br)cc32)cc1. The molecular weight excluding hydrogens is 382 g/mol. The summed E-state index contributed by atoms with van der Waals surface area (Å²) in [6.07, 6.45) is 2.10. The van der Waals surface area contributed by atoms with Gasteiger partial charge in [0.15, 0.2) is 0 Å². The van der Waals surface area contributed by atoms with Gasteiger partial charge in [-0.1, -0.05) is 37.9 Å². The predicted octanol–water partition coefficient (Wildman–Crippen LogP) is 5.25. The Hall–Kier alpha value is -1.26. The second kappa shape index (κ2) is 6.02. The first-order valence-corrected chi connectivity index (χ1v) is 7.94. The molecule has 0 amide bonds. The number of ether oxygens (including phenoxy) is 1. The molecule has 4 heteroatoms. The molecule has 102 valence electrons. The van der Waals surface area contributed by atoms with Gasteiger partial charge in [-0.15, -0.1) is 0 Å². The standard InChI is InChI=1S/C16H13Br2NO/c17-13-3-5-15(6-4-13)20-10-9-19-8-7-12-1-2-14(18)11-16(12)19/h1-8,11H,9-10H2. The van der Waals surface area contributed by atoms with Crippen LogP contribution in [-0.4, -0.2) is 11.2 Å². The third-order valence-corrected chi connectivity index (χ3v) is 4.17. The summed E-state index contributed by atoms with van der Waals surface area (Å²) >= 11 is 6.93. The Kier molecular flexibility index (Phi) is 4.13. The van der Waals surface area contributed by atoms with E-state index in [9.17, 15) is 0 Å². The maximum atomic E-state index is 5.76. The van der Waals surface area contributed by atoms with Crippen LogP contribution in [0.3, 0.4) is 0 Å². The molecule has 0 aliphatic heterocycles. The minimum Gasteiger partial charge on any atom is -0.492 e. The van der Waals surface area contributed by atoms with E-state index in [0.717, 1.165) is 21.2 Å². The third kappa shape index (κ3) is 3.07. The molecule has 0 atom stereocenters. The number of rotatable bonds is 4. The van der Waals surface area contributed by atoms with Crippen LogP contribution in [-0.2, 0) is 6.54 Å². The average molecular weight is 395 g/mol. The second-order valence-electron chi connectivity index (χ2n) is 4.51. The molecule has 1 aromatic heterocycles. The van der Waals surface area contributed by atoms with Gasteiger partial charge in [-0.05, 0) is 47.9 Å². The van der Waals surface area contributed by atoms with Crippen LogP contribution in [0.15, 0.2) is 63.7 Å². The number of aromatic nitrogens is 1. The lowest BCUT2D eigenvalue weighted by Crippen LogP contribution is -2.07. The number of nitrogens with zero attached hydrogens (tertiary/aromatic N) is 1. The van der Waals surface area contributed by atoms with Crippen LogP contribution >= 0.6 is 31.9 Å². The van der Waals surface area contributed by atoms with Crippen molar-refractivity contribution in [2.75, 3.05) is 6.61 Å².